The van der Waals surface area contributed by atoms with Gasteiger partial charge in [0.2, 0.25) is 0 Å². The Bertz CT molecular complexity index is 433. The highest BCUT2D eigenvalue weighted by Gasteiger charge is 2.33. The fourth-order valence-electron chi connectivity index (χ4n) is 1.82. The lowest BCUT2D eigenvalue weighted by atomic mass is 9.89. The Morgan fingerprint density at radius 2 is 2.06 bits per heavy atom. The quantitative estimate of drug-likeness (QED) is 0.862. The van der Waals surface area contributed by atoms with Crippen molar-refractivity contribution >= 4 is 17.4 Å². The molecule has 1 fully saturated rings. The maximum atomic E-state index is 12.6. The van der Waals surface area contributed by atoms with Gasteiger partial charge in [-0.2, -0.15) is 13.2 Å². The number of pyridine rings is 1. The summed E-state index contributed by atoms with van der Waals surface area (Å²) in [5.41, 5.74) is -0.799. The largest absolute Gasteiger partial charge is 0.416 e. The third-order valence-electron chi connectivity index (χ3n) is 2.90. The minimum atomic E-state index is -4.42. The van der Waals surface area contributed by atoms with E-state index in [0.717, 1.165) is 25.0 Å². The van der Waals surface area contributed by atoms with Crippen LogP contribution >= 0.6 is 11.6 Å². The number of halogens is 4. The standard InChI is InChI=1S/C11H12ClF3N2O/c1-18-8-4-7(5-8)16-10-3-6(11(13,14)15)2-9(12)17-10/h2-3,7-8H,4-5H2,1H3,(H,16,17). The third kappa shape index (κ3) is 3.05. The zero-order valence-corrected chi connectivity index (χ0v) is 10.3. The van der Waals surface area contributed by atoms with Crippen molar-refractivity contribution in [1.29, 1.82) is 0 Å². The first-order valence-corrected chi connectivity index (χ1v) is 5.80. The molecule has 0 aliphatic heterocycles. The van der Waals surface area contributed by atoms with Crippen molar-refractivity contribution in [2.24, 2.45) is 0 Å². The van der Waals surface area contributed by atoms with Gasteiger partial charge in [0.05, 0.1) is 11.7 Å². The summed E-state index contributed by atoms with van der Waals surface area (Å²) in [4.78, 5) is 3.83. The van der Waals surface area contributed by atoms with E-state index in [1.165, 1.54) is 0 Å². The van der Waals surface area contributed by atoms with Gasteiger partial charge in [-0.15, -0.1) is 0 Å². The van der Waals surface area contributed by atoms with Gasteiger partial charge in [0.25, 0.3) is 0 Å². The van der Waals surface area contributed by atoms with Gasteiger partial charge in [0.15, 0.2) is 0 Å². The predicted molar refractivity (Wildman–Crippen MR) is 61.7 cm³/mol. The highest BCUT2D eigenvalue weighted by Crippen LogP contribution is 2.33. The van der Waals surface area contributed by atoms with E-state index in [1.807, 2.05) is 0 Å². The number of hydrogen-bond donors (Lipinski definition) is 1. The Morgan fingerprint density at radius 3 is 2.61 bits per heavy atom. The van der Waals surface area contributed by atoms with E-state index in [0.29, 0.717) is 0 Å². The lowest BCUT2D eigenvalue weighted by molar-refractivity contribution is -0.137. The van der Waals surface area contributed by atoms with Crippen molar-refractivity contribution in [3.8, 4) is 0 Å². The van der Waals surface area contributed by atoms with Crippen LogP contribution in [-0.4, -0.2) is 24.2 Å². The number of nitrogens with zero attached hydrogens (tertiary/aromatic N) is 1. The van der Waals surface area contributed by atoms with Crippen molar-refractivity contribution in [3.05, 3.63) is 22.8 Å². The van der Waals surface area contributed by atoms with Gasteiger partial charge in [0, 0.05) is 13.2 Å². The second-order valence-corrected chi connectivity index (χ2v) is 4.62. The summed E-state index contributed by atoms with van der Waals surface area (Å²) in [6, 6.07) is 1.86. The molecule has 7 heteroatoms. The Kier molecular flexibility index (Phi) is 3.68. The van der Waals surface area contributed by atoms with E-state index in [1.54, 1.807) is 7.11 Å². The maximum absolute atomic E-state index is 12.6. The fourth-order valence-corrected chi connectivity index (χ4v) is 2.03. The summed E-state index contributed by atoms with van der Waals surface area (Å²) in [6.07, 6.45) is -2.74. The Morgan fingerprint density at radius 1 is 1.39 bits per heavy atom. The van der Waals surface area contributed by atoms with E-state index in [9.17, 15) is 13.2 Å². The normalized spacial score (nSPS) is 23.6. The first-order chi connectivity index (χ1) is 8.38. The Balaban J connectivity index is 2.07. The second-order valence-electron chi connectivity index (χ2n) is 4.23. The van der Waals surface area contributed by atoms with E-state index < -0.39 is 11.7 Å². The number of aromatic nitrogens is 1. The number of methoxy groups -OCH3 is 1. The van der Waals surface area contributed by atoms with E-state index in [4.69, 9.17) is 16.3 Å². The lowest BCUT2D eigenvalue weighted by Gasteiger charge is -2.35. The van der Waals surface area contributed by atoms with Gasteiger partial charge in [-0.25, -0.2) is 4.98 Å². The molecular weight excluding hydrogens is 269 g/mol. The summed E-state index contributed by atoms with van der Waals surface area (Å²) in [5.74, 6) is 0.148. The van der Waals surface area contributed by atoms with Gasteiger partial charge >= 0.3 is 6.18 Å². The SMILES string of the molecule is COC1CC(Nc2cc(C(F)(F)F)cc(Cl)n2)C1. The molecule has 1 N–H and O–H groups in total. The average molecular weight is 281 g/mol. The minimum Gasteiger partial charge on any atom is -0.381 e. The number of anilines is 1. The number of ether oxygens (including phenoxy) is 1. The lowest BCUT2D eigenvalue weighted by Crippen LogP contribution is -2.40. The van der Waals surface area contributed by atoms with Crippen LogP contribution in [-0.2, 0) is 10.9 Å². The third-order valence-corrected chi connectivity index (χ3v) is 3.10. The van der Waals surface area contributed by atoms with Gasteiger partial charge in [-0.1, -0.05) is 11.6 Å². The molecule has 2 rings (SSSR count). The Hall–Kier alpha value is -1.01. The number of hydrogen-bond acceptors (Lipinski definition) is 3. The van der Waals surface area contributed by atoms with Crippen LogP contribution in [0.1, 0.15) is 18.4 Å². The molecule has 0 saturated heterocycles. The molecule has 0 amide bonds. The summed E-state index contributed by atoms with van der Waals surface area (Å²) in [6.45, 7) is 0. The topological polar surface area (TPSA) is 34.1 Å². The van der Waals surface area contributed by atoms with Crippen molar-refractivity contribution in [1.82, 2.24) is 4.98 Å². The van der Waals surface area contributed by atoms with Crippen LogP contribution in [0, 0.1) is 0 Å². The molecule has 3 nitrogen and oxygen atoms in total. The molecule has 1 aliphatic rings. The zero-order valence-electron chi connectivity index (χ0n) is 9.59. The molecule has 0 bridgehead atoms. The maximum Gasteiger partial charge on any atom is 0.416 e. The van der Waals surface area contributed by atoms with E-state index in [-0.39, 0.29) is 23.1 Å². The van der Waals surface area contributed by atoms with Crippen LogP contribution in [0.15, 0.2) is 12.1 Å². The van der Waals surface area contributed by atoms with E-state index in [2.05, 4.69) is 10.3 Å². The van der Waals surface area contributed by atoms with Gasteiger partial charge in [0.1, 0.15) is 11.0 Å². The van der Waals surface area contributed by atoms with Gasteiger partial charge < -0.3 is 10.1 Å². The smallest absolute Gasteiger partial charge is 0.381 e. The highest BCUT2D eigenvalue weighted by molar-refractivity contribution is 6.29. The van der Waals surface area contributed by atoms with E-state index >= 15 is 0 Å². The van der Waals surface area contributed by atoms with Crippen LogP contribution in [0.25, 0.3) is 0 Å². The molecule has 0 atom stereocenters. The second kappa shape index (κ2) is 4.93. The minimum absolute atomic E-state index is 0.0852. The monoisotopic (exact) mass is 280 g/mol. The molecule has 1 aliphatic carbocycles. The summed E-state index contributed by atoms with van der Waals surface area (Å²) in [7, 11) is 1.61. The van der Waals surface area contributed by atoms with Crippen molar-refractivity contribution in [2.75, 3.05) is 12.4 Å². The number of nitrogens with one attached hydrogen (secondary N) is 1. The summed E-state index contributed by atoms with van der Waals surface area (Å²) in [5, 5.41) is 2.75. The highest BCUT2D eigenvalue weighted by atomic mass is 35.5. The number of alkyl halides is 3. The molecule has 0 unspecified atom stereocenters. The molecule has 0 aromatic carbocycles. The molecule has 1 saturated carbocycles. The molecule has 0 spiro atoms. The van der Waals surface area contributed by atoms with Crippen molar-refractivity contribution in [2.45, 2.75) is 31.2 Å². The number of rotatable bonds is 3. The predicted octanol–water partition coefficient (Wildman–Crippen LogP) is 3.34. The molecule has 1 aromatic rings. The zero-order chi connectivity index (χ0) is 13.3. The molecule has 1 heterocycles. The van der Waals surface area contributed by atoms with Crippen molar-refractivity contribution in [3.63, 3.8) is 0 Å². The average Bonchev–Trinajstić information content (AvgIpc) is 2.20. The first kappa shape index (κ1) is 13.4. The molecule has 18 heavy (non-hydrogen) atoms. The van der Waals surface area contributed by atoms with Crippen LogP contribution < -0.4 is 5.32 Å². The molecule has 0 radical (unpaired) electrons. The first-order valence-electron chi connectivity index (χ1n) is 5.42. The van der Waals surface area contributed by atoms with Crippen molar-refractivity contribution < 1.29 is 17.9 Å². The molecule has 100 valence electrons. The van der Waals surface area contributed by atoms with Crippen LogP contribution in [0.4, 0.5) is 19.0 Å². The van der Waals surface area contributed by atoms with Gasteiger partial charge in [-0.05, 0) is 25.0 Å². The van der Waals surface area contributed by atoms with Crippen LogP contribution in [0.2, 0.25) is 5.15 Å². The Labute approximate surface area is 107 Å². The summed E-state index contributed by atoms with van der Waals surface area (Å²) >= 11 is 5.58. The van der Waals surface area contributed by atoms with Crippen LogP contribution in [0.5, 0.6) is 0 Å². The van der Waals surface area contributed by atoms with Gasteiger partial charge in [-0.3, -0.25) is 0 Å². The summed E-state index contributed by atoms with van der Waals surface area (Å²) < 4.78 is 42.8. The molecular formula is C11H12ClF3N2O. The fraction of sp³-hybridized carbons (Fsp3) is 0.545. The molecule has 1 aromatic heterocycles. The van der Waals surface area contributed by atoms with Crippen LogP contribution in [0.3, 0.4) is 0 Å².